The van der Waals surface area contributed by atoms with E-state index in [4.69, 9.17) is 14.3 Å². The van der Waals surface area contributed by atoms with Crippen LogP contribution in [0.15, 0.2) is 29.4 Å². The number of fused-ring (bicyclic) bond motifs is 1. The summed E-state index contributed by atoms with van der Waals surface area (Å²) >= 11 is 0. The molecule has 2 unspecified atom stereocenters. The topological polar surface area (TPSA) is 40.0 Å². The minimum absolute atomic E-state index is 0.0431. The van der Waals surface area contributed by atoms with Crippen LogP contribution in [-0.2, 0) is 9.57 Å². The van der Waals surface area contributed by atoms with Crippen molar-refractivity contribution in [2.75, 3.05) is 20.3 Å². The van der Waals surface area contributed by atoms with Gasteiger partial charge in [0.15, 0.2) is 0 Å². The molecule has 0 spiro atoms. The molecule has 2 atom stereocenters. The van der Waals surface area contributed by atoms with E-state index in [1.807, 2.05) is 24.3 Å². The summed E-state index contributed by atoms with van der Waals surface area (Å²) in [7, 11) is 1.66. The molecule has 0 amide bonds. The molecule has 1 saturated heterocycles. The number of oxime groups is 1. The van der Waals surface area contributed by atoms with Gasteiger partial charge in [0.05, 0.1) is 25.3 Å². The smallest absolute Gasteiger partial charge is 0.127 e. The lowest BCUT2D eigenvalue weighted by atomic mass is 9.99. The molecule has 1 fully saturated rings. The molecular formula is C12H13NO3. The van der Waals surface area contributed by atoms with Crippen LogP contribution in [0.25, 0.3) is 0 Å². The fraction of sp³-hybridized carbons (Fsp3) is 0.417. The van der Waals surface area contributed by atoms with Gasteiger partial charge in [-0.2, -0.15) is 0 Å². The zero-order valence-electron chi connectivity index (χ0n) is 9.05. The van der Waals surface area contributed by atoms with Crippen LogP contribution in [0.4, 0.5) is 0 Å². The number of hydrogen-bond acceptors (Lipinski definition) is 4. The van der Waals surface area contributed by atoms with E-state index in [0.29, 0.717) is 19.1 Å². The Morgan fingerprint density at radius 1 is 1.25 bits per heavy atom. The lowest BCUT2D eigenvalue weighted by Gasteiger charge is -2.10. The van der Waals surface area contributed by atoms with E-state index in [9.17, 15) is 0 Å². The standard InChI is InChI=1S/C12H13NO3/c1-14-10-4-2-8(3-5-10)12-11-9(6-15-12)7-16-13-11/h2-5,9,12H,6-7H2,1H3. The summed E-state index contributed by atoms with van der Waals surface area (Å²) < 4.78 is 10.9. The first-order valence-electron chi connectivity index (χ1n) is 5.34. The Balaban J connectivity index is 1.86. The molecule has 2 heterocycles. The van der Waals surface area contributed by atoms with Gasteiger partial charge < -0.3 is 14.3 Å². The Bertz CT molecular complexity index is 413. The largest absolute Gasteiger partial charge is 0.497 e. The number of hydrogen-bond donors (Lipinski definition) is 0. The molecule has 0 saturated carbocycles. The number of rotatable bonds is 2. The van der Waals surface area contributed by atoms with E-state index in [0.717, 1.165) is 17.0 Å². The zero-order chi connectivity index (χ0) is 11.0. The molecule has 1 aromatic carbocycles. The van der Waals surface area contributed by atoms with Crippen molar-refractivity contribution in [3.63, 3.8) is 0 Å². The van der Waals surface area contributed by atoms with Crippen molar-refractivity contribution in [2.24, 2.45) is 11.1 Å². The van der Waals surface area contributed by atoms with Crippen LogP contribution in [0, 0.1) is 5.92 Å². The highest BCUT2D eigenvalue weighted by Crippen LogP contribution is 2.33. The average molecular weight is 219 g/mol. The minimum atomic E-state index is -0.0431. The van der Waals surface area contributed by atoms with Gasteiger partial charge in [-0.25, -0.2) is 0 Å². The predicted octanol–water partition coefficient (Wildman–Crippen LogP) is 1.77. The van der Waals surface area contributed by atoms with E-state index in [1.54, 1.807) is 7.11 Å². The first-order valence-corrected chi connectivity index (χ1v) is 5.34. The first kappa shape index (κ1) is 9.66. The second kappa shape index (κ2) is 3.79. The fourth-order valence-electron chi connectivity index (χ4n) is 2.10. The Kier molecular flexibility index (Phi) is 2.29. The third-order valence-corrected chi connectivity index (χ3v) is 3.02. The van der Waals surface area contributed by atoms with Crippen LogP contribution in [0.5, 0.6) is 5.75 Å². The Morgan fingerprint density at radius 3 is 2.81 bits per heavy atom. The van der Waals surface area contributed by atoms with E-state index in [2.05, 4.69) is 5.16 Å². The van der Waals surface area contributed by atoms with Crippen molar-refractivity contribution < 1.29 is 14.3 Å². The average Bonchev–Trinajstić information content (AvgIpc) is 2.91. The number of benzene rings is 1. The highest BCUT2D eigenvalue weighted by molar-refractivity contribution is 5.93. The molecule has 0 radical (unpaired) electrons. The van der Waals surface area contributed by atoms with Gasteiger partial charge >= 0.3 is 0 Å². The van der Waals surface area contributed by atoms with Crippen LogP contribution in [0.2, 0.25) is 0 Å². The number of nitrogens with zero attached hydrogens (tertiary/aromatic N) is 1. The second-order valence-electron chi connectivity index (χ2n) is 4.00. The summed E-state index contributed by atoms with van der Waals surface area (Å²) in [5, 5.41) is 4.06. The maximum Gasteiger partial charge on any atom is 0.127 e. The molecular weight excluding hydrogens is 206 g/mol. The Labute approximate surface area is 93.8 Å². The van der Waals surface area contributed by atoms with Crippen LogP contribution >= 0.6 is 0 Å². The first-order chi connectivity index (χ1) is 7.88. The maximum atomic E-state index is 5.73. The summed E-state index contributed by atoms with van der Waals surface area (Å²) in [5.74, 6) is 1.19. The summed E-state index contributed by atoms with van der Waals surface area (Å²) in [4.78, 5) is 5.09. The van der Waals surface area contributed by atoms with Gasteiger partial charge in [0.1, 0.15) is 18.5 Å². The molecule has 2 aliphatic heterocycles. The van der Waals surface area contributed by atoms with Crippen molar-refractivity contribution in [1.29, 1.82) is 0 Å². The normalized spacial score (nSPS) is 27.2. The Hall–Kier alpha value is -1.55. The van der Waals surface area contributed by atoms with Gasteiger partial charge in [-0.3, -0.25) is 0 Å². The van der Waals surface area contributed by atoms with Crippen LogP contribution in [0.3, 0.4) is 0 Å². The SMILES string of the molecule is COc1ccc(C2OCC3CON=C32)cc1. The molecule has 4 nitrogen and oxygen atoms in total. The van der Waals surface area contributed by atoms with Crippen molar-refractivity contribution in [3.05, 3.63) is 29.8 Å². The van der Waals surface area contributed by atoms with Gasteiger partial charge in [0, 0.05) is 0 Å². The van der Waals surface area contributed by atoms with Crippen LogP contribution in [0.1, 0.15) is 11.7 Å². The van der Waals surface area contributed by atoms with E-state index >= 15 is 0 Å². The predicted molar refractivity (Wildman–Crippen MR) is 58.6 cm³/mol. The molecule has 3 rings (SSSR count). The van der Waals surface area contributed by atoms with E-state index in [-0.39, 0.29) is 6.10 Å². The summed E-state index contributed by atoms with van der Waals surface area (Å²) in [6.07, 6.45) is -0.0431. The lowest BCUT2D eigenvalue weighted by Crippen LogP contribution is -2.11. The van der Waals surface area contributed by atoms with E-state index in [1.165, 1.54) is 0 Å². The maximum absolute atomic E-state index is 5.73. The molecule has 16 heavy (non-hydrogen) atoms. The molecule has 1 aromatic rings. The fourth-order valence-corrected chi connectivity index (χ4v) is 2.10. The van der Waals surface area contributed by atoms with Gasteiger partial charge in [0.25, 0.3) is 0 Å². The minimum Gasteiger partial charge on any atom is -0.497 e. The monoisotopic (exact) mass is 219 g/mol. The highest BCUT2D eigenvalue weighted by atomic mass is 16.6. The molecule has 0 aliphatic carbocycles. The number of ether oxygens (including phenoxy) is 2. The summed E-state index contributed by atoms with van der Waals surface area (Å²) in [6.45, 7) is 1.36. The van der Waals surface area contributed by atoms with Crippen molar-refractivity contribution in [1.82, 2.24) is 0 Å². The van der Waals surface area contributed by atoms with Crippen molar-refractivity contribution in [3.8, 4) is 5.75 Å². The highest BCUT2D eigenvalue weighted by Gasteiger charge is 2.38. The molecule has 0 N–H and O–H groups in total. The second-order valence-corrected chi connectivity index (χ2v) is 4.00. The Morgan fingerprint density at radius 2 is 2.06 bits per heavy atom. The van der Waals surface area contributed by atoms with Gasteiger partial charge in [-0.05, 0) is 17.7 Å². The molecule has 0 bridgehead atoms. The third kappa shape index (κ3) is 1.46. The van der Waals surface area contributed by atoms with Crippen molar-refractivity contribution >= 4 is 5.71 Å². The molecule has 0 aromatic heterocycles. The van der Waals surface area contributed by atoms with Gasteiger partial charge in [0.2, 0.25) is 0 Å². The van der Waals surface area contributed by atoms with Gasteiger partial charge in [-0.1, -0.05) is 17.3 Å². The number of methoxy groups -OCH3 is 1. The van der Waals surface area contributed by atoms with E-state index < -0.39 is 0 Å². The van der Waals surface area contributed by atoms with Gasteiger partial charge in [-0.15, -0.1) is 0 Å². The molecule has 2 aliphatic rings. The molecule has 4 heteroatoms. The van der Waals surface area contributed by atoms with Crippen LogP contribution in [-0.4, -0.2) is 26.0 Å². The zero-order valence-corrected chi connectivity index (χ0v) is 9.05. The lowest BCUT2D eigenvalue weighted by molar-refractivity contribution is 0.0792. The van der Waals surface area contributed by atoms with Crippen LogP contribution < -0.4 is 4.74 Å². The molecule has 84 valence electrons. The summed E-state index contributed by atoms with van der Waals surface area (Å²) in [6, 6.07) is 7.88. The third-order valence-electron chi connectivity index (χ3n) is 3.02. The quantitative estimate of drug-likeness (QED) is 0.761. The summed E-state index contributed by atoms with van der Waals surface area (Å²) in [5.41, 5.74) is 2.12. The van der Waals surface area contributed by atoms with Crippen molar-refractivity contribution in [2.45, 2.75) is 6.10 Å².